The van der Waals surface area contributed by atoms with E-state index < -0.39 is 0 Å². The second kappa shape index (κ2) is 7.52. The van der Waals surface area contributed by atoms with Crippen LogP contribution in [0.15, 0.2) is 24.3 Å². The van der Waals surface area contributed by atoms with Crippen LogP contribution >= 0.6 is 0 Å². The summed E-state index contributed by atoms with van der Waals surface area (Å²) in [5, 5.41) is 0. The Morgan fingerprint density at radius 2 is 1.72 bits per heavy atom. The van der Waals surface area contributed by atoms with Crippen molar-refractivity contribution in [3.63, 3.8) is 0 Å². The molecule has 1 aromatic rings. The lowest BCUT2D eigenvalue weighted by atomic mass is 9.95. The lowest BCUT2D eigenvalue weighted by molar-refractivity contribution is -0.143. The van der Waals surface area contributed by atoms with E-state index in [9.17, 15) is 9.59 Å². The summed E-state index contributed by atoms with van der Waals surface area (Å²) >= 11 is 0. The number of carbonyl (C=O) groups is 2. The van der Waals surface area contributed by atoms with Crippen molar-refractivity contribution in [2.24, 2.45) is 11.3 Å². The predicted molar refractivity (Wildman–Crippen MR) is 114 cm³/mol. The van der Waals surface area contributed by atoms with Gasteiger partial charge in [0.05, 0.1) is 23.4 Å². The highest BCUT2D eigenvalue weighted by Gasteiger charge is 2.56. The Bertz CT molecular complexity index is 831. The average Bonchev–Trinajstić information content (AvgIpc) is 3.20. The van der Waals surface area contributed by atoms with Crippen LogP contribution in [0.25, 0.3) is 0 Å². The first-order chi connectivity index (χ1) is 13.8. The van der Waals surface area contributed by atoms with Crippen LogP contribution in [0.5, 0.6) is 0 Å². The quantitative estimate of drug-likeness (QED) is 0.694. The molecule has 2 aliphatic heterocycles. The topological polar surface area (TPSA) is 40.6 Å². The summed E-state index contributed by atoms with van der Waals surface area (Å²) < 4.78 is 0. The molecule has 0 spiro atoms. The molecule has 1 aliphatic carbocycles. The molecule has 0 radical (unpaired) electrons. The van der Waals surface area contributed by atoms with Crippen molar-refractivity contribution in [2.45, 2.75) is 70.9 Å². The van der Waals surface area contributed by atoms with Gasteiger partial charge >= 0.3 is 0 Å². The first-order valence-electron chi connectivity index (χ1n) is 11.0. The van der Waals surface area contributed by atoms with Crippen molar-refractivity contribution in [3.8, 4) is 12.3 Å². The van der Waals surface area contributed by atoms with Crippen molar-refractivity contribution >= 4 is 11.8 Å². The number of terminal acetylenes is 1. The Hall–Kier alpha value is -2.28. The first kappa shape index (κ1) is 20.0. The fraction of sp³-hybridized carbons (Fsp3) is 0.600. The number of hydrogen-bond acceptors (Lipinski definition) is 2. The van der Waals surface area contributed by atoms with Crippen LogP contribution in [0.3, 0.4) is 0 Å². The Kier molecular flexibility index (Phi) is 5.19. The van der Waals surface area contributed by atoms with Crippen molar-refractivity contribution in [2.75, 3.05) is 13.1 Å². The number of amides is 2. The van der Waals surface area contributed by atoms with Crippen molar-refractivity contribution in [1.29, 1.82) is 0 Å². The van der Waals surface area contributed by atoms with E-state index in [2.05, 4.69) is 44.0 Å². The molecule has 2 heterocycles. The van der Waals surface area contributed by atoms with Gasteiger partial charge in [0.2, 0.25) is 11.8 Å². The van der Waals surface area contributed by atoms with E-state index >= 15 is 0 Å². The highest BCUT2D eigenvalue weighted by molar-refractivity contribution is 5.88. The molecule has 1 aromatic carbocycles. The number of carbonyl (C=O) groups excluding carboxylic acids is 2. The van der Waals surface area contributed by atoms with E-state index in [1.807, 2.05) is 16.7 Å². The van der Waals surface area contributed by atoms with Crippen LogP contribution in [0.2, 0.25) is 0 Å². The highest BCUT2D eigenvalue weighted by Crippen LogP contribution is 2.51. The van der Waals surface area contributed by atoms with Gasteiger partial charge in [0.25, 0.3) is 0 Å². The van der Waals surface area contributed by atoms with Gasteiger partial charge in [-0.15, -0.1) is 12.3 Å². The lowest BCUT2D eigenvalue weighted by Crippen LogP contribution is -2.53. The molecule has 154 valence electrons. The molecular weight excluding hydrogens is 360 g/mol. The minimum atomic E-state index is -0.293. The van der Waals surface area contributed by atoms with Gasteiger partial charge in [0.15, 0.2) is 0 Å². The van der Waals surface area contributed by atoms with E-state index in [-0.39, 0.29) is 35.2 Å². The molecule has 2 saturated heterocycles. The average molecular weight is 393 g/mol. The van der Waals surface area contributed by atoms with Crippen LogP contribution in [-0.4, -0.2) is 46.8 Å². The van der Waals surface area contributed by atoms with Gasteiger partial charge in [-0.1, -0.05) is 38.1 Å². The number of fused-ring (bicyclic) bond motifs is 2. The maximum Gasteiger partial charge on any atom is 0.230 e. The zero-order chi connectivity index (χ0) is 20.8. The standard InChI is InChI=1S/C25H32N2O2/c1-5-10-25(11-12-25)24(29)27-16-21-14-22(27)15-26(21)23(28)18(4)20-8-6-19(7-9-20)13-17(2)3/h1,6-9,17-18,21-22H,10-16H2,2-4H3/t18?,21-,22-/m0/s1. The number of nitrogens with zero attached hydrogens (tertiary/aromatic N) is 2. The Morgan fingerprint density at radius 1 is 1.10 bits per heavy atom. The van der Waals surface area contributed by atoms with Gasteiger partial charge in [0.1, 0.15) is 0 Å². The fourth-order valence-electron chi connectivity index (χ4n) is 5.11. The smallest absolute Gasteiger partial charge is 0.230 e. The maximum atomic E-state index is 13.2. The van der Waals surface area contributed by atoms with Gasteiger partial charge in [-0.25, -0.2) is 0 Å². The fourth-order valence-corrected chi connectivity index (χ4v) is 5.11. The summed E-state index contributed by atoms with van der Waals surface area (Å²) in [5.74, 6) is 3.57. The lowest BCUT2D eigenvalue weighted by Gasteiger charge is -2.37. The zero-order valence-corrected chi connectivity index (χ0v) is 17.9. The molecule has 4 rings (SSSR count). The third-order valence-electron chi connectivity index (χ3n) is 7.03. The van der Waals surface area contributed by atoms with Gasteiger partial charge < -0.3 is 9.80 Å². The molecule has 4 nitrogen and oxygen atoms in total. The third kappa shape index (κ3) is 3.68. The molecule has 1 unspecified atom stereocenters. The van der Waals surface area contributed by atoms with Gasteiger partial charge in [-0.2, -0.15) is 0 Å². The molecule has 4 heteroatoms. The SMILES string of the molecule is C#CCC1(C(=O)N2C[C@@H]3C[C@H]2CN3C(=O)C(C)c2ccc(CC(C)C)cc2)CC1. The van der Waals surface area contributed by atoms with Crippen molar-refractivity contribution in [3.05, 3.63) is 35.4 Å². The summed E-state index contributed by atoms with van der Waals surface area (Å²) in [5.41, 5.74) is 2.10. The molecule has 2 bridgehead atoms. The second-order valence-electron chi connectivity index (χ2n) is 9.71. The molecular formula is C25H32N2O2. The molecule has 3 fully saturated rings. The third-order valence-corrected chi connectivity index (χ3v) is 7.03. The van der Waals surface area contributed by atoms with Gasteiger partial charge in [0, 0.05) is 19.5 Å². The van der Waals surface area contributed by atoms with Crippen molar-refractivity contribution < 1.29 is 9.59 Å². The summed E-state index contributed by atoms with van der Waals surface area (Å²) in [6.07, 6.45) is 9.82. The number of benzene rings is 1. The Labute approximate surface area is 174 Å². The molecule has 1 saturated carbocycles. The maximum absolute atomic E-state index is 13.2. The van der Waals surface area contributed by atoms with Gasteiger partial charge in [-0.3, -0.25) is 9.59 Å². The van der Waals surface area contributed by atoms with E-state index in [0.29, 0.717) is 25.4 Å². The van der Waals surface area contributed by atoms with Crippen LogP contribution in [0.1, 0.15) is 63.5 Å². The predicted octanol–water partition coefficient (Wildman–Crippen LogP) is 3.60. The second-order valence-corrected chi connectivity index (χ2v) is 9.71. The molecule has 0 aromatic heterocycles. The summed E-state index contributed by atoms with van der Waals surface area (Å²) in [7, 11) is 0. The Morgan fingerprint density at radius 3 is 2.24 bits per heavy atom. The number of rotatable bonds is 6. The zero-order valence-electron chi connectivity index (χ0n) is 17.9. The number of piperazine rings is 1. The van der Waals surface area contributed by atoms with Crippen LogP contribution < -0.4 is 0 Å². The number of likely N-dealkylation sites (tertiary alicyclic amines) is 2. The van der Waals surface area contributed by atoms with E-state index in [0.717, 1.165) is 31.2 Å². The largest absolute Gasteiger partial charge is 0.335 e. The monoisotopic (exact) mass is 392 g/mol. The van der Waals surface area contributed by atoms with Crippen molar-refractivity contribution in [1.82, 2.24) is 9.80 Å². The molecule has 29 heavy (non-hydrogen) atoms. The normalized spacial score (nSPS) is 25.2. The molecule has 0 N–H and O–H groups in total. The first-order valence-corrected chi connectivity index (χ1v) is 11.0. The van der Waals surface area contributed by atoms with Crippen LogP contribution in [0.4, 0.5) is 0 Å². The van der Waals surface area contributed by atoms with E-state index in [4.69, 9.17) is 6.42 Å². The van der Waals surface area contributed by atoms with E-state index in [1.165, 1.54) is 5.56 Å². The Balaban J connectivity index is 1.38. The summed E-state index contributed by atoms with van der Waals surface area (Å²) in [4.78, 5) is 30.2. The van der Waals surface area contributed by atoms with E-state index in [1.54, 1.807) is 0 Å². The summed E-state index contributed by atoms with van der Waals surface area (Å²) in [6, 6.07) is 8.81. The minimum Gasteiger partial charge on any atom is -0.335 e. The molecule has 3 atom stereocenters. The van der Waals surface area contributed by atoms with Crippen LogP contribution in [-0.2, 0) is 16.0 Å². The minimum absolute atomic E-state index is 0.150. The molecule has 3 aliphatic rings. The molecule has 2 amide bonds. The number of hydrogen-bond donors (Lipinski definition) is 0. The van der Waals surface area contributed by atoms with Gasteiger partial charge in [-0.05, 0) is 49.7 Å². The summed E-state index contributed by atoms with van der Waals surface area (Å²) in [6.45, 7) is 7.77. The van der Waals surface area contributed by atoms with Crippen LogP contribution in [0, 0.1) is 23.7 Å². The highest BCUT2D eigenvalue weighted by atomic mass is 16.2.